The van der Waals surface area contributed by atoms with Gasteiger partial charge in [0.2, 0.25) is 0 Å². The molecular weight excluding hydrogens is 685 g/mol. The highest BCUT2D eigenvalue weighted by atomic mass is 32.1. The van der Waals surface area contributed by atoms with E-state index in [1.54, 1.807) is 0 Å². The molecule has 0 atom stereocenters. The fraction of sp³-hybridized carbons (Fsp3) is 0. The number of nitrogens with zero attached hydrogens (tertiary/aromatic N) is 2. The topological polar surface area (TPSA) is 8.17 Å². The zero-order valence-electron chi connectivity index (χ0n) is 29.9. The first-order valence-electron chi connectivity index (χ1n) is 18.8. The van der Waals surface area contributed by atoms with E-state index >= 15 is 0 Å². The second kappa shape index (κ2) is 12.9. The molecule has 0 unspecified atom stereocenters. The predicted molar refractivity (Wildman–Crippen MR) is 237 cm³/mol. The van der Waals surface area contributed by atoms with Gasteiger partial charge in [-0.25, -0.2) is 0 Å². The average Bonchev–Trinajstić information content (AvgIpc) is 3.80. The van der Waals surface area contributed by atoms with Crippen LogP contribution in [0, 0.1) is 0 Å². The average molecular weight is 719 g/mol. The largest absolute Gasteiger partial charge is 0.310 e. The van der Waals surface area contributed by atoms with E-state index in [4.69, 9.17) is 0 Å². The Kier molecular flexibility index (Phi) is 7.39. The van der Waals surface area contributed by atoms with Gasteiger partial charge in [-0.15, -0.1) is 11.3 Å². The molecule has 258 valence electrons. The molecule has 0 radical (unpaired) electrons. The van der Waals surface area contributed by atoms with E-state index in [0.29, 0.717) is 0 Å². The number of benzene rings is 9. The summed E-state index contributed by atoms with van der Waals surface area (Å²) in [5.41, 5.74) is 11.8. The van der Waals surface area contributed by atoms with Crippen LogP contribution in [0.25, 0.3) is 80.7 Å². The third-order valence-electron chi connectivity index (χ3n) is 11.0. The van der Waals surface area contributed by atoms with Crippen molar-refractivity contribution >= 4 is 81.1 Å². The maximum absolute atomic E-state index is 2.41. The van der Waals surface area contributed by atoms with E-state index < -0.39 is 0 Å². The Bertz CT molecular complexity index is 3190. The minimum absolute atomic E-state index is 1.10. The minimum atomic E-state index is 1.10. The molecule has 0 amide bonds. The van der Waals surface area contributed by atoms with Crippen molar-refractivity contribution in [3.05, 3.63) is 206 Å². The molecule has 0 spiro atoms. The van der Waals surface area contributed by atoms with Crippen LogP contribution in [0.3, 0.4) is 0 Å². The van der Waals surface area contributed by atoms with Gasteiger partial charge in [0, 0.05) is 53.7 Å². The number of hydrogen-bond donors (Lipinski definition) is 0. The van der Waals surface area contributed by atoms with Gasteiger partial charge in [-0.1, -0.05) is 140 Å². The summed E-state index contributed by atoms with van der Waals surface area (Å²) in [4.78, 5) is 2.39. The number of para-hydroxylation sites is 1. The van der Waals surface area contributed by atoms with Crippen LogP contribution in [0.15, 0.2) is 206 Å². The molecule has 0 aliphatic heterocycles. The van der Waals surface area contributed by atoms with Crippen molar-refractivity contribution in [2.45, 2.75) is 0 Å². The quantitative estimate of drug-likeness (QED) is 0.166. The fourth-order valence-corrected chi connectivity index (χ4v) is 9.60. The molecule has 0 fully saturated rings. The molecule has 2 nitrogen and oxygen atoms in total. The van der Waals surface area contributed by atoms with Crippen molar-refractivity contribution < 1.29 is 0 Å². The molecular formula is C52H34N2S. The van der Waals surface area contributed by atoms with E-state index in [9.17, 15) is 0 Å². The van der Waals surface area contributed by atoms with Gasteiger partial charge in [0.05, 0.1) is 11.0 Å². The summed E-state index contributed by atoms with van der Waals surface area (Å²) in [7, 11) is 0. The molecule has 0 saturated heterocycles. The minimum Gasteiger partial charge on any atom is -0.310 e. The van der Waals surface area contributed by atoms with Gasteiger partial charge in [0.15, 0.2) is 0 Å². The predicted octanol–water partition coefficient (Wildman–Crippen LogP) is 15.1. The van der Waals surface area contributed by atoms with Crippen LogP contribution >= 0.6 is 11.3 Å². The first-order valence-corrected chi connectivity index (χ1v) is 19.6. The maximum atomic E-state index is 2.41. The van der Waals surface area contributed by atoms with Gasteiger partial charge >= 0.3 is 0 Å². The lowest BCUT2D eigenvalue weighted by molar-refractivity contribution is 1.17. The van der Waals surface area contributed by atoms with Gasteiger partial charge in [0.25, 0.3) is 0 Å². The summed E-state index contributed by atoms with van der Waals surface area (Å²) in [6.07, 6.45) is 0. The smallest absolute Gasteiger partial charge is 0.0547 e. The standard InChI is InChI=1S/C52H34N2S/c1-2-12-35(13-3-1)42-15-6-7-16-43(42)37-22-25-38(26-23-37)53(41-31-32-46-45-18-9-11-21-50(45)55-51(46)34-41)39-27-29-40(30-28-39)54-48-20-10-8-19-47(48)52-44-17-5-4-14-36(44)24-33-49(52)54/h1-34H. The van der Waals surface area contributed by atoms with Gasteiger partial charge in [0.1, 0.15) is 0 Å². The molecule has 2 heterocycles. The van der Waals surface area contributed by atoms with Crippen molar-refractivity contribution in [3.63, 3.8) is 0 Å². The Hall–Kier alpha value is -6.94. The molecule has 0 aliphatic rings. The van der Waals surface area contributed by atoms with Crippen molar-refractivity contribution in [3.8, 4) is 27.9 Å². The number of thiophene rings is 1. The fourth-order valence-electron chi connectivity index (χ4n) is 8.46. The third-order valence-corrected chi connectivity index (χ3v) is 12.1. The number of hydrogen-bond acceptors (Lipinski definition) is 2. The zero-order valence-corrected chi connectivity index (χ0v) is 30.7. The lowest BCUT2D eigenvalue weighted by atomic mass is 9.94. The van der Waals surface area contributed by atoms with Crippen molar-refractivity contribution in [2.75, 3.05) is 4.90 Å². The van der Waals surface area contributed by atoms with Crippen molar-refractivity contribution in [1.29, 1.82) is 0 Å². The van der Waals surface area contributed by atoms with E-state index in [1.807, 2.05) is 11.3 Å². The molecule has 0 saturated carbocycles. The molecule has 0 bridgehead atoms. The van der Waals surface area contributed by atoms with Gasteiger partial charge < -0.3 is 9.47 Å². The Morgan fingerprint density at radius 2 is 0.945 bits per heavy atom. The molecule has 3 heteroatoms. The maximum Gasteiger partial charge on any atom is 0.0547 e. The molecule has 0 aliphatic carbocycles. The normalized spacial score (nSPS) is 11.6. The summed E-state index contributed by atoms with van der Waals surface area (Å²) < 4.78 is 5.00. The van der Waals surface area contributed by atoms with Gasteiger partial charge in [-0.2, -0.15) is 0 Å². The van der Waals surface area contributed by atoms with Crippen LogP contribution in [0.5, 0.6) is 0 Å². The number of fused-ring (bicyclic) bond motifs is 8. The van der Waals surface area contributed by atoms with Crippen LogP contribution in [-0.4, -0.2) is 4.57 Å². The molecule has 11 rings (SSSR count). The van der Waals surface area contributed by atoms with Crippen LogP contribution < -0.4 is 4.90 Å². The lowest BCUT2D eigenvalue weighted by Gasteiger charge is -2.26. The first kappa shape index (κ1) is 31.6. The lowest BCUT2D eigenvalue weighted by Crippen LogP contribution is -2.10. The summed E-state index contributed by atoms with van der Waals surface area (Å²) in [5, 5.41) is 7.71. The summed E-state index contributed by atoms with van der Waals surface area (Å²) in [6.45, 7) is 0. The van der Waals surface area contributed by atoms with Crippen LogP contribution in [0.1, 0.15) is 0 Å². The van der Waals surface area contributed by atoms with Crippen LogP contribution in [0.2, 0.25) is 0 Å². The molecule has 2 aromatic heterocycles. The van der Waals surface area contributed by atoms with Crippen molar-refractivity contribution in [1.82, 2.24) is 4.57 Å². The molecule has 9 aromatic carbocycles. The summed E-state index contributed by atoms with van der Waals surface area (Å²) in [6, 6.07) is 75.1. The number of aromatic nitrogens is 1. The van der Waals surface area contributed by atoms with Crippen molar-refractivity contribution in [2.24, 2.45) is 0 Å². The number of anilines is 3. The van der Waals surface area contributed by atoms with Gasteiger partial charge in [-0.3, -0.25) is 0 Å². The summed E-state index contributed by atoms with van der Waals surface area (Å²) >= 11 is 1.86. The van der Waals surface area contributed by atoms with E-state index in [-0.39, 0.29) is 0 Å². The van der Waals surface area contributed by atoms with E-state index in [1.165, 1.54) is 75.0 Å². The highest BCUT2D eigenvalue weighted by molar-refractivity contribution is 7.25. The molecule has 55 heavy (non-hydrogen) atoms. The summed E-state index contributed by atoms with van der Waals surface area (Å²) in [5.74, 6) is 0. The first-order chi connectivity index (χ1) is 27.3. The SMILES string of the molecule is c1ccc(-c2ccccc2-c2ccc(N(c3ccc(-n4c5ccccc5c5c6ccccc6ccc54)cc3)c3ccc4c(c3)sc3ccccc34)cc2)cc1. The third kappa shape index (κ3) is 5.24. The second-order valence-corrected chi connectivity index (χ2v) is 15.2. The Morgan fingerprint density at radius 1 is 0.364 bits per heavy atom. The Labute approximate surface area is 323 Å². The van der Waals surface area contributed by atoms with E-state index in [2.05, 4.69) is 216 Å². The highest BCUT2D eigenvalue weighted by Gasteiger charge is 2.18. The zero-order chi connectivity index (χ0) is 36.3. The Morgan fingerprint density at radius 3 is 1.73 bits per heavy atom. The monoisotopic (exact) mass is 718 g/mol. The highest BCUT2D eigenvalue weighted by Crippen LogP contribution is 2.43. The second-order valence-electron chi connectivity index (χ2n) is 14.1. The van der Waals surface area contributed by atoms with Crippen LogP contribution in [0.4, 0.5) is 17.1 Å². The van der Waals surface area contributed by atoms with Gasteiger partial charge in [-0.05, 0) is 99.8 Å². The molecule has 11 aromatic rings. The Balaban J connectivity index is 1.05. The molecule has 0 N–H and O–H groups in total. The number of rotatable bonds is 6. The van der Waals surface area contributed by atoms with Crippen LogP contribution in [-0.2, 0) is 0 Å². The van der Waals surface area contributed by atoms with E-state index in [0.717, 1.165) is 22.7 Å².